The second-order valence-corrected chi connectivity index (χ2v) is 6.16. The minimum Gasteiger partial charge on any atom is -0.494 e. The van der Waals surface area contributed by atoms with Gasteiger partial charge in [-0.1, -0.05) is 12.1 Å². The minimum absolute atomic E-state index is 0.0164. The van der Waals surface area contributed by atoms with Crippen LogP contribution in [-0.4, -0.2) is 30.2 Å². The van der Waals surface area contributed by atoms with Crippen molar-refractivity contribution in [3.63, 3.8) is 0 Å². The summed E-state index contributed by atoms with van der Waals surface area (Å²) in [6.07, 6.45) is 0.0401. The second kappa shape index (κ2) is 9.02. The zero-order valence-corrected chi connectivity index (χ0v) is 15.4. The Morgan fingerprint density at radius 2 is 1.93 bits per heavy atom. The molecule has 0 fully saturated rings. The molecule has 0 aliphatic heterocycles. The van der Waals surface area contributed by atoms with Gasteiger partial charge in [0.15, 0.2) is 11.6 Å². The molecule has 2 N–H and O–H groups in total. The highest BCUT2D eigenvalue weighted by Crippen LogP contribution is 2.27. The standard InChI is InChI=1S/C20H22FNO5/c1-12(2)27-16-9-7-14(20(24)25)11-15(16)22-18(23)10-8-13-5-4-6-17(26-3)19(13)21/h4-7,9,11-12H,8,10H2,1-3H3,(H,22,23)(H,24,25). The first-order valence-corrected chi connectivity index (χ1v) is 8.47. The molecule has 6 nitrogen and oxygen atoms in total. The SMILES string of the molecule is COc1cccc(CCC(=O)Nc2cc(C(=O)O)ccc2OC(C)C)c1F. The smallest absolute Gasteiger partial charge is 0.335 e. The Morgan fingerprint density at radius 3 is 2.56 bits per heavy atom. The van der Waals surface area contributed by atoms with E-state index in [0.29, 0.717) is 11.3 Å². The molecule has 0 unspecified atom stereocenters. The van der Waals surface area contributed by atoms with Gasteiger partial charge in [0.25, 0.3) is 0 Å². The van der Waals surface area contributed by atoms with E-state index < -0.39 is 11.8 Å². The molecular formula is C20H22FNO5. The molecule has 2 aromatic carbocycles. The lowest BCUT2D eigenvalue weighted by atomic mass is 10.1. The molecule has 2 rings (SSSR count). The Bertz CT molecular complexity index is 835. The Balaban J connectivity index is 2.12. The van der Waals surface area contributed by atoms with Crippen LogP contribution in [0.15, 0.2) is 36.4 Å². The van der Waals surface area contributed by atoms with Crippen LogP contribution < -0.4 is 14.8 Å². The van der Waals surface area contributed by atoms with Crippen molar-refractivity contribution >= 4 is 17.6 Å². The fraction of sp³-hybridized carbons (Fsp3) is 0.300. The van der Waals surface area contributed by atoms with Gasteiger partial charge in [-0.3, -0.25) is 4.79 Å². The Labute approximate surface area is 156 Å². The number of carboxylic acids is 1. The second-order valence-electron chi connectivity index (χ2n) is 6.16. The van der Waals surface area contributed by atoms with Crippen molar-refractivity contribution in [2.45, 2.75) is 32.8 Å². The van der Waals surface area contributed by atoms with Crippen molar-refractivity contribution in [2.75, 3.05) is 12.4 Å². The molecule has 0 aliphatic rings. The molecule has 27 heavy (non-hydrogen) atoms. The van der Waals surface area contributed by atoms with Crippen LogP contribution >= 0.6 is 0 Å². The number of nitrogens with one attached hydrogen (secondary N) is 1. The third-order valence-electron chi connectivity index (χ3n) is 3.75. The largest absolute Gasteiger partial charge is 0.494 e. The van der Waals surface area contributed by atoms with Gasteiger partial charge < -0.3 is 19.9 Å². The summed E-state index contributed by atoms with van der Waals surface area (Å²) in [5.74, 6) is -1.50. The summed E-state index contributed by atoms with van der Waals surface area (Å²) in [6.45, 7) is 3.64. The van der Waals surface area contributed by atoms with Gasteiger partial charge >= 0.3 is 5.97 Å². The van der Waals surface area contributed by atoms with Crippen LogP contribution in [0.2, 0.25) is 0 Å². The molecule has 144 valence electrons. The maximum absolute atomic E-state index is 14.2. The van der Waals surface area contributed by atoms with E-state index in [1.165, 1.54) is 31.4 Å². The zero-order valence-electron chi connectivity index (χ0n) is 15.4. The van der Waals surface area contributed by atoms with Crippen LogP contribution in [0.3, 0.4) is 0 Å². The summed E-state index contributed by atoms with van der Waals surface area (Å²) in [7, 11) is 1.38. The highest BCUT2D eigenvalue weighted by molar-refractivity contribution is 5.95. The fourth-order valence-electron chi connectivity index (χ4n) is 2.49. The zero-order chi connectivity index (χ0) is 20.0. The topological polar surface area (TPSA) is 84.9 Å². The number of hydrogen-bond donors (Lipinski definition) is 2. The number of carbonyl (C=O) groups excluding carboxylic acids is 1. The number of methoxy groups -OCH3 is 1. The average Bonchev–Trinajstić information content (AvgIpc) is 2.61. The number of anilines is 1. The number of aromatic carboxylic acids is 1. The molecule has 0 bridgehead atoms. The van der Waals surface area contributed by atoms with Crippen molar-refractivity contribution in [1.82, 2.24) is 0 Å². The van der Waals surface area contributed by atoms with Crippen LogP contribution in [-0.2, 0) is 11.2 Å². The molecule has 7 heteroatoms. The first kappa shape index (κ1) is 20.2. The van der Waals surface area contributed by atoms with Gasteiger partial charge in [-0.05, 0) is 50.1 Å². The van der Waals surface area contributed by atoms with Gasteiger partial charge in [0.05, 0.1) is 24.5 Å². The van der Waals surface area contributed by atoms with Crippen LogP contribution in [0.25, 0.3) is 0 Å². The Hall–Kier alpha value is -3.09. The van der Waals surface area contributed by atoms with E-state index in [-0.39, 0.29) is 41.9 Å². The van der Waals surface area contributed by atoms with E-state index in [1.807, 2.05) is 13.8 Å². The van der Waals surface area contributed by atoms with Crippen LogP contribution in [0.1, 0.15) is 36.2 Å². The van der Waals surface area contributed by atoms with Gasteiger partial charge in [0.1, 0.15) is 5.75 Å². The predicted octanol–water partition coefficient (Wildman–Crippen LogP) is 3.89. The van der Waals surface area contributed by atoms with Gasteiger partial charge in [-0.15, -0.1) is 0 Å². The summed E-state index contributed by atoms with van der Waals surface area (Å²) >= 11 is 0. The summed E-state index contributed by atoms with van der Waals surface area (Å²) in [4.78, 5) is 23.5. The number of benzene rings is 2. The van der Waals surface area contributed by atoms with Crippen molar-refractivity contribution in [2.24, 2.45) is 0 Å². The van der Waals surface area contributed by atoms with E-state index in [1.54, 1.807) is 12.1 Å². The molecular weight excluding hydrogens is 353 g/mol. The summed E-state index contributed by atoms with van der Waals surface area (Å²) in [5, 5.41) is 11.8. The lowest BCUT2D eigenvalue weighted by molar-refractivity contribution is -0.116. The molecule has 0 spiro atoms. The number of ether oxygens (including phenoxy) is 2. The van der Waals surface area contributed by atoms with E-state index in [4.69, 9.17) is 14.6 Å². The predicted molar refractivity (Wildman–Crippen MR) is 99.1 cm³/mol. The fourth-order valence-corrected chi connectivity index (χ4v) is 2.49. The van der Waals surface area contributed by atoms with Crippen LogP contribution in [0.4, 0.5) is 10.1 Å². The number of carboxylic acid groups (broad SMARTS) is 1. The van der Waals surface area contributed by atoms with Gasteiger partial charge in [-0.25, -0.2) is 9.18 Å². The molecule has 0 radical (unpaired) electrons. The normalized spacial score (nSPS) is 10.6. The summed E-state index contributed by atoms with van der Waals surface area (Å²) in [6, 6.07) is 8.99. The maximum Gasteiger partial charge on any atom is 0.335 e. The minimum atomic E-state index is -1.11. The van der Waals surface area contributed by atoms with Gasteiger partial charge in [0, 0.05) is 6.42 Å². The number of aryl methyl sites for hydroxylation is 1. The quantitative estimate of drug-likeness (QED) is 0.731. The third kappa shape index (κ3) is 5.44. The van der Waals surface area contributed by atoms with E-state index in [9.17, 15) is 14.0 Å². The highest BCUT2D eigenvalue weighted by atomic mass is 19.1. The summed E-state index contributed by atoms with van der Waals surface area (Å²) < 4.78 is 24.7. The molecule has 0 saturated carbocycles. The van der Waals surface area contributed by atoms with Crippen molar-refractivity contribution in [3.8, 4) is 11.5 Å². The molecule has 0 saturated heterocycles. The molecule has 0 aromatic heterocycles. The Kier molecular flexibility index (Phi) is 6.76. The monoisotopic (exact) mass is 375 g/mol. The van der Waals surface area contributed by atoms with E-state index in [2.05, 4.69) is 5.32 Å². The van der Waals surface area contributed by atoms with Crippen molar-refractivity contribution < 1.29 is 28.6 Å². The lowest BCUT2D eigenvalue weighted by Crippen LogP contribution is -2.16. The third-order valence-corrected chi connectivity index (χ3v) is 3.75. The lowest BCUT2D eigenvalue weighted by Gasteiger charge is -2.15. The molecule has 0 aliphatic carbocycles. The van der Waals surface area contributed by atoms with Crippen LogP contribution in [0.5, 0.6) is 11.5 Å². The number of carbonyl (C=O) groups is 2. The molecule has 1 amide bonds. The van der Waals surface area contributed by atoms with Crippen molar-refractivity contribution in [1.29, 1.82) is 0 Å². The Morgan fingerprint density at radius 1 is 1.19 bits per heavy atom. The molecule has 0 atom stereocenters. The number of hydrogen-bond acceptors (Lipinski definition) is 4. The van der Waals surface area contributed by atoms with Crippen LogP contribution in [0, 0.1) is 5.82 Å². The highest BCUT2D eigenvalue weighted by Gasteiger charge is 2.15. The maximum atomic E-state index is 14.2. The van der Waals surface area contributed by atoms with Gasteiger partial charge in [-0.2, -0.15) is 0 Å². The number of rotatable bonds is 8. The van der Waals surface area contributed by atoms with E-state index in [0.717, 1.165) is 0 Å². The molecule has 0 heterocycles. The number of amides is 1. The first-order valence-electron chi connectivity index (χ1n) is 8.47. The number of halogens is 1. The average molecular weight is 375 g/mol. The molecule has 2 aromatic rings. The van der Waals surface area contributed by atoms with Crippen molar-refractivity contribution in [3.05, 3.63) is 53.3 Å². The van der Waals surface area contributed by atoms with E-state index >= 15 is 0 Å². The van der Waals surface area contributed by atoms with Gasteiger partial charge in [0.2, 0.25) is 5.91 Å². The summed E-state index contributed by atoms with van der Waals surface area (Å²) in [5.41, 5.74) is 0.655. The first-order chi connectivity index (χ1) is 12.8.